The molecule has 2 saturated carbocycles. The van der Waals surface area contributed by atoms with Crippen LogP contribution in [-0.4, -0.2) is 79.4 Å². The average Bonchev–Trinajstić information content (AvgIpc) is 3.52. The molecule has 2 aliphatic carbocycles. The first-order valence-electron chi connectivity index (χ1n) is 14.2. The van der Waals surface area contributed by atoms with E-state index in [2.05, 4.69) is 4.90 Å². The number of halogens is 3. The maximum Gasteiger partial charge on any atom is 0.471 e. The average molecular weight is 553 g/mol. The predicted molar refractivity (Wildman–Crippen MR) is 142 cm³/mol. The second-order valence-electron chi connectivity index (χ2n) is 12.9. The van der Waals surface area contributed by atoms with Crippen molar-refractivity contribution in [1.29, 1.82) is 0 Å². The van der Waals surface area contributed by atoms with E-state index in [0.717, 1.165) is 36.1 Å². The summed E-state index contributed by atoms with van der Waals surface area (Å²) in [5.41, 5.74) is -0.715. The Morgan fingerprint density at radius 3 is 2.18 bits per heavy atom. The number of benzene rings is 1. The van der Waals surface area contributed by atoms with E-state index in [1.54, 1.807) is 7.11 Å². The molecule has 4 rings (SSSR count). The number of methoxy groups -OCH3 is 1. The number of carbonyl (C=O) groups excluding carboxylic acids is 2. The van der Waals surface area contributed by atoms with Gasteiger partial charge in [-0.15, -0.1) is 0 Å². The number of hydrogen-bond donors (Lipinski definition) is 0. The van der Waals surface area contributed by atoms with Gasteiger partial charge in [0.05, 0.1) is 12.0 Å². The van der Waals surface area contributed by atoms with Crippen LogP contribution in [0.25, 0.3) is 0 Å². The fraction of sp³-hybridized carbons (Fsp3) is 0.733. The Morgan fingerprint density at radius 2 is 1.64 bits per heavy atom. The van der Waals surface area contributed by atoms with Gasteiger partial charge in [-0.2, -0.15) is 13.2 Å². The van der Waals surface area contributed by atoms with E-state index in [4.69, 9.17) is 9.47 Å². The highest BCUT2D eigenvalue weighted by molar-refractivity contribution is 5.83. The molecule has 1 aromatic carbocycles. The molecule has 218 valence electrons. The first-order chi connectivity index (χ1) is 18.3. The molecule has 1 aromatic rings. The molecule has 0 radical (unpaired) electrons. The minimum absolute atomic E-state index is 0.0121. The molecule has 9 heteroatoms. The molecule has 6 nitrogen and oxygen atoms in total. The maximum absolute atomic E-state index is 13.7. The van der Waals surface area contributed by atoms with E-state index >= 15 is 0 Å². The van der Waals surface area contributed by atoms with Crippen molar-refractivity contribution < 1.29 is 32.2 Å². The smallest absolute Gasteiger partial charge is 0.460 e. The van der Waals surface area contributed by atoms with Crippen LogP contribution in [0.5, 0.6) is 0 Å². The molecule has 0 spiro atoms. The Kier molecular flexibility index (Phi) is 8.72. The van der Waals surface area contributed by atoms with Gasteiger partial charge in [0.1, 0.15) is 5.60 Å². The Labute approximate surface area is 230 Å². The lowest BCUT2D eigenvalue weighted by atomic mass is 9.77. The van der Waals surface area contributed by atoms with Crippen LogP contribution in [0.1, 0.15) is 77.2 Å². The molecule has 1 aliphatic heterocycles. The third-order valence-corrected chi connectivity index (χ3v) is 8.68. The van der Waals surface area contributed by atoms with E-state index in [1.165, 1.54) is 0 Å². The van der Waals surface area contributed by atoms with Crippen molar-refractivity contribution in [2.45, 2.75) is 89.5 Å². The van der Waals surface area contributed by atoms with Crippen molar-refractivity contribution in [2.75, 3.05) is 39.9 Å². The van der Waals surface area contributed by atoms with E-state index in [1.807, 2.05) is 51.1 Å². The topological polar surface area (TPSA) is 59.1 Å². The summed E-state index contributed by atoms with van der Waals surface area (Å²) in [6.45, 7) is 7.79. The first-order valence-corrected chi connectivity index (χ1v) is 14.2. The highest BCUT2D eigenvalue weighted by atomic mass is 19.4. The van der Waals surface area contributed by atoms with Gasteiger partial charge in [0, 0.05) is 37.6 Å². The standard InChI is InChI=1S/C30H43F3N2O4/c1-27(2,3)39-26(37)29(12-8-9-13-29)20-34-16-14-28(15-17-34,21-38-4)19-35(25(36)30(31,32)33)24-18-23(24)22-10-6-5-7-11-22/h5-7,10-11,23-24H,8-9,12-21H2,1-4H3/t23-,24+/m0/s1. The van der Waals surface area contributed by atoms with Crippen molar-refractivity contribution in [3.8, 4) is 0 Å². The number of rotatable bonds is 9. The molecule has 1 heterocycles. The normalized spacial score (nSPS) is 24.8. The second kappa shape index (κ2) is 11.4. The molecular weight excluding hydrogens is 509 g/mol. The van der Waals surface area contributed by atoms with Gasteiger partial charge < -0.3 is 19.3 Å². The van der Waals surface area contributed by atoms with Crippen LogP contribution in [0.3, 0.4) is 0 Å². The number of esters is 1. The molecule has 0 aromatic heterocycles. The van der Waals surface area contributed by atoms with Crippen molar-refractivity contribution in [3.63, 3.8) is 0 Å². The van der Waals surface area contributed by atoms with Crippen molar-refractivity contribution >= 4 is 11.9 Å². The van der Waals surface area contributed by atoms with Crippen LogP contribution in [0.2, 0.25) is 0 Å². The van der Waals surface area contributed by atoms with Gasteiger partial charge in [0.15, 0.2) is 0 Å². The number of hydrogen-bond acceptors (Lipinski definition) is 5. The second-order valence-corrected chi connectivity index (χ2v) is 12.9. The summed E-state index contributed by atoms with van der Waals surface area (Å²) in [5.74, 6) is -2.00. The highest BCUT2D eigenvalue weighted by Gasteiger charge is 2.54. The minimum atomic E-state index is -4.93. The highest BCUT2D eigenvalue weighted by Crippen LogP contribution is 2.48. The molecule has 3 aliphatic rings. The lowest BCUT2D eigenvalue weighted by Gasteiger charge is -2.46. The Bertz CT molecular complexity index is 994. The molecule has 1 saturated heterocycles. The van der Waals surface area contributed by atoms with E-state index in [-0.39, 0.29) is 25.0 Å². The Hall–Kier alpha value is -2.13. The van der Waals surface area contributed by atoms with Crippen LogP contribution >= 0.6 is 0 Å². The number of nitrogens with zero attached hydrogens (tertiary/aromatic N) is 2. The first kappa shape index (κ1) is 29.8. The molecule has 3 fully saturated rings. The molecule has 0 bridgehead atoms. The maximum atomic E-state index is 13.7. The number of amides is 1. The van der Waals surface area contributed by atoms with E-state index < -0.39 is 34.6 Å². The van der Waals surface area contributed by atoms with Crippen LogP contribution in [0.4, 0.5) is 13.2 Å². The van der Waals surface area contributed by atoms with Crippen molar-refractivity contribution in [1.82, 2.24) is 9.80 Å². The largest absolute Gasteiger partial charge is 0.471 e. The number of piperidine rings is 1. The molecule has 0 N–H and O–H groups in total. The summed E-state index contributed by atoms with van der Waals surface area (Å²) in [4.78, 5) is 29.2. The van der Waals surface area contributed by atoms with Crippen LogP contribution in [0, 0.1) is 10.8 Å². The van der Waals surface area contributed by atoms with Gasteiger partial charge in [0.2, 0.25) is 0 Å². The van der Waals surface area contributed by atoms with Gasteiger partial charge in [-0.25, -0.2) is 0 Å². The van der Waals surface area contributed by atoms with E-state index in [9.17, 15) is 22.8 Å². The van der Waals surface area contributed by atoms with Gasteiger partial charge >= 0.3 is 18.1 Å². The van der Waals surface area contributed by atoms with Crippen molar-refractivity contribution in [3.05, 3.63) is 35.9 Å². The summed E-state index contributed by atoms with van der Waals surface area (Å²) < 4.78 is 52.5. The van der Waals surface area contributed by atoms with Gasteiger partial charge in [-0.05, 0) is 71.5 Å². The summed E-state index contributed by atoms with van der Waals surface area (Å²) >= 11 is 0. The Morgan fingerprint density at radius 1 is 1.03 bits per heavy atom. The Balaban J connectivity index is 1.47. The number of alkyl halides is 3. The summed E-state index contributed by atoms with van der Waals surface area (Å²) in [5, 5.41) is 0. The van der Waals surface area contributed by atoms with Crippen LogP contribution in [0.15, 0.2) is 30.3 Å². The molecule has 1 amide bonds. The van der Waals surface area contributed by atoms with Gasteiger partial charge in [-0.3, -0.25) is 9.59 Å². The number of ether oxygens (including phenoxy) is 2. The zero-order chi connectivity index (χ0) is 28.5. The molecular formula is C30H43F3N2O4. The van der Waals surface area contributed by atoms with Crippen molar-refractivity contribution in [2.24, 2.45) is 10.8 Å². The van der Waals surface area contributed by atoms with Crippen LogP contribution in [-0.2, 0) is 19.1 Å². The summed E-state index contributed by atoms with van der Waals surface area (Å²) in [6, 6.07) is 8.97. The van der Waals surface area contributed by atoms with E-state index in [0.29, 0.717) is 38.9 Å². The zero-order valence-corrected chi connectivity index (χ0v) is 23.7. The molecule has 0 unspecified atom stereocenters. The van der Waals surface area contributed by atoms with Gasteiger partial charge in [0.25, 0.3) is 0 Å². The summed E-state index contributed by atoms with van der Waals surface area (Å²) in [7, 11) is 1.56. The molecule has 39 heavy (non-hydrogen) atoms. The zero-order valence-electron chi connectivity index (χ0n) is 23.7. The fourth-order valence-corrected chi connectivity index (χ4v) is 6.58. The van der Waals surface area contributed by atoms with Crippen LogP contribution < -0.4 is 0 Å². The fourth-order valence-electron chi connectivity index (χ4n) is 6.58. The lowest BCUT2D eigenvalue weighted by Crippen LogP contribution is -2.54. The monoisotopic (exact) mass is 552 g/mol. The quantitative estimate of drug-likeness (QED) is 0.375. The number of likely N-dealkylation sites (tertiary alicyclic amines) is 1. The molecule has 2 atom stereocenters. The summed E-state index contributed by atoms with van der Waals surface area (Å²) in [6.07, 6.45) is 0.333. The minimum Gasteiger partial charge on any atom is -0.460 e. The third-order valence-electron chi connectivity index (χ3n) is 8.68. The SMILES string of the molecule is COCC1(CN(C(=O)C(F)(F)F)[C@@H]2C[C@H]2c2ccccc2)CCN(CC2(C(=O)OC(C)(C)C)CCCC2)CC1. The predicted octanol–water partition coefficient (Wildman–Crippen LogP) is 5.56. The lowest BCUT2D eigenvalue weighted by molar-refractivity contribution is -0.189. The third kappa shape index (κ3) is 7.15. The van der Waals surface area contributed by atoms with Gasteiger partial charge in [-0.1, -0.05) is 43.2 Å². The number of carbonyl (C=O) groups is 2.